The number of sulfone groups is 1. The summed E-state index contributed by atoms with van der Waals surface area (Å²) in [6.45, 7) is -0.229. The van der Waals surface area contributed by atoms with Crippen LogP contribution in [0.5, 0.6) is 0 Å². The fraction of sp³-hybridized carbons (Fsp3) is 0.273. The van der Waals surface area contributed by atoms with E-state index in [9.17, 15) is 8.42 Å². The van der Waals surface area contributed by atoms with Gasteiger partial charge in [0.2, 0.25) is 0 Å². The Morgan fingerprint density at radius 3 is 2.60 bits per heavy atom. The molecule has 15 heavy (non-hydrogen) atoms. The molecule has 0 aliphatic heterocycles. The van der Waals surface area contributed by atoms with E-state index in [2.05, 4.69) is 11.8 Å². The van der Waals surface area contributed by atoms with E-state index in [1.807, 2.05) is 0 Å². The van der Waals surface area contributed by atoms with Gasteiger partial charge in [-0.3, -0.25) is 0 Å². The molecule has 0 atom stereocenters. The van der Waals surface area contributed by atoms with Crippen LogP contribution in [-0.2, 0) is 15.6 Å². The maximum Gasteiger partial charge on any atom is 0.151 e. The summed E-state index contributed by atoms with van der Waals surface area (Å²) in [6.07, 6.45) is 1.18. The Bertz CT molecular complexity index is 492. The lowest BCUT2D eigenvalue weighted by Gasteiger charge is -2.02. The van der Waals surface area contributed by atoms with E-state index in [0.29, 0.717) is 11.1 Å². The third-order valence-electron chi connectivity index (χ3n) is 1.74. The van der Waals surface area contributed by atoms with Crippen molar-refractivity contribution < 1.29 is 13.5 Å². The molecule has 0 aliphatic rings. The van der Waals surface area contributed by atoms with E-state index < -0.39 is 9.84 Å². The van der Waals surface area contributed by atoms with Crippen LogP contribution in [0.3, 0.4) is 0 Å². The smallest absolute Gasteiger partial charge is 0.151 e. The highest BCUT2D eigenvalue weighted by atomic mass is 32.2. The van der Waals surface area contributed by atoms with Crippen LogP contribution in [0.25, 0.3) is 0 Å². The van der Waals surface area contributed by atoms with Gasteiger partial charge in [0.1, 0.15) is 6.61 Å². The molecule has 1 rings (SSSR count). The van der Waals surface area contributed by atoms with Crippen molar-refractivity contribution in [1.29, 1.82) is 0 Å². The molecule has 1 aromatic carbocycles. The molecule has 0 unspecified atom stereocenters. The summed E-state index contributed by atoms with van der Waals surface area (Å²) in [7, 11) is -3.05. The Kier molecular flexibility index (Phi) is 3.89. The maximum absolute atomic E-state index is 11.1. The van der Waals surface area contributed by atoms with E-state index in [-0.39, 0.29) is 12.4 Å². The average Bonchev–Trinajstić information content (AvgIpc) is 2.14. The molecular formula is C11H12O3S. The predicted octanol–water partition coefficient (Wildman–Crippen LogP) is 0.575. The maximum atomic E-state index is 11.1. The lowest BCUT2D eigenvalue weighted by atomic mass is 10.1. The zero-order chi connectivity index (χ0) is 11.3. The lowest BCUT2D eigenvalue weighted by molar-refractivity contribution is 0.350. The number of benzene rings is 1. The van der Waals surface area contributed by atoms with Crippen molar-refractivity contribution in [2.75, 3.05) is 12.9 Å². The summed E-state index contributed by atoms with van der Waals surface area (Å²) in [5, 5.41) is 8.56. The molecule has 0 saturated carbocycles. The Labute approximate surface area is 89.7 Å². The highest BCUT2D eigenvalue weighted by molar-refractivity contribution is 7.89. The van der Waals surface area contributed by atoms with E-state index in [1.54, 1.807) is 24.3 Å². The van der Waals surface area contributed by atoms with Gasteiger partial charge in [0.15, 0.2) is 9.84 Å². The minimum atomic E-state index is -3.05. The summed E-state index contributed by atoms with van der Waals surface area (Å²) in [4.78, 5) is 0. The summed E-state index contributed by atoms with van der Waals surface area (Å²) in [5.41, 5.74) is 1.32. The molecule has 1 aromatic rings. The first kappa shape index (κ1) is 11.8. The molecule has 0 saturated heterocycles. The van der Waals surface area contributed by atoms with Crippen LogP contribution in [0.15, 0.2) is 24.3 Å². The standard InChI is InChI=1S/C11H12O3S/c1-15(13,14)9-11-6-3-2-5-10(11)7-4-8-12/h2-3,5-6,12H,8-9H2,1H3. The molecular weight excluding hydrogens is 212 g/mol. The van der Waals surface area contributed by atoms with Crippen molar-refractivity contribution in [2.24, 2.45) is 0 Å². The zero-order valence-electron chi connectivity index (χ0n) is 8.40. The highest BCUT2D eigenvalue weighted by Crippen LogP contribution is 2.10. The first-order valence-corrected chi connectivity index (χ1v) is 6.44. The van der Waals surface area contributed by atoms with Crippen molar-refractivity contribution in [2.45, 2.75) is 5.75 Å². The van der Waals surface area contributed by atoms with Crippen LogP contribution in [0.4, 0.5) is 0 Å². The van der Waals surface area contributed by atoms with Crippen LogP contribution < -0.4 is 0 Å². The van der Waals surface area contributed by atoms with Crippen molar-refractivity contribution in [3.05, 3.63) is 35.4 Å². The molecule has 0 bridgehead atoms. The Morgan fingerprint density at radius 1 is 1.33 bits per heavy atom. The van der Waals surface area contributed by atoms with Crippen LogP contribution >= 0.6 is 0 Å². The van der Waals surface area contributed by atoms with E-state index in [4.69, 9.17) is 5.11 Å². The molecule has 4 heteroatoms. The van der Waals surface area contributed by atoms with E-state index in [0.717, 1.165) is 0 Å². The quantitative estimate of drug-likeness (QED) is 0.747. The van der Waals surface area contributed by atoms with Gasteiger partial charge in [0.05, 0.1) is 5.75 Å². The van der Waals surface area contributed by atoms with Gasteiger partial charge in [-0.1, -0.05) is 30.0 Å². The van der Waals surface area contributed by atoms with Crippen molar-refractivity contribution in [3.63, 3.8) is 0 Å². The van der Waals surface area contributed by atoms with Gasteiger partial charge in [-0.05, 0) is 11.6 Å². The van der Waals surface area contributed by atoms with E-state index in [1.165, 1.54) is 6.26 Å². The fourth-order valence-corrected chi connectivity index (χ4v) is 2.00. The molecule has 80 valence electrons. The van der Waals surface area contributed by atoms with Crippen molar-refractivity contribution in [1.82, 2.24) is 0 Å². The number of hydrogen-bond donors (Lipinski definition) is 1. The molecule has 0 amide bonds. The monoisotopic (exact) mass is 224 g/mol. The average molecular weight is 224 g/mol. The largest absolute Gasteiger partial charge is 0.384 e. The second-order valence-corrected chi connectivity index (χ2v) is 5.33. The van der Waals surface area contributed by atoms with E-state index >= 15 is 0 Å². The minimum Gasteiger partial charge on any atom is -0.384 e. The third-order valence-corrected chi connectivity index (χ3v) is 2.57. The van der Waals surface area contributed by atoms with Gasteiger partial charge in [0, 0.05) is 11.8 Å². The molecule has 0 fully saturated rings. The lowest BCUT2D eigenvalue weighted by Crippen LogP contribution is -2.02. The minimum absolute atomic E-state index is 0.0245. The number of hydrogen-bond acceptors (Lipinski definition) is 3. The number of rotatable bonds is 2. The van der Waals surface area contributed by atoms with Crippen molar-refractivity contribution >= 4 is 9.84 Å². The second-order valence-electron chi connectivity index (χ2n) is 3.19. The SMILES string of the molecule is CS(=O)(=O)Cc1ccccc1C#CCO. The normalized spacial score (nSPS) is 10.5. The summed E-state index contributed by atoms with van der Waals surface area (Å²) in [5.74, 6) is 5.20. The summed E-state index contributed by atoms with van der Waals surface area (Å²) >= 11 is 0. The van der Waals surface area contributed by atoms with Gasteiger partial charge >= 0.3 is 0 Å². The van der Waals surface area contributed by atoms with Crippen LogP contribution in [0, 0.1) is 11.8 Å². The number of aliphatic hydroxyl groups excluding tert-OH is 1. The van der Waals surface area contributed by atoms with Crippen LogP contribution in [-0.4, -0.2) is 26.4 Å². The molecule has 0 aliphatic carbocycles. The molecule has 0 radical (unpaired) electrons. The molecule has 1 N–H and O–H groups in total. The second kappa shape index (κ2) is 4.96. The predicted molar refractivity (Wildman–Crippen MR) is 59.0 cm³/mol. The molecule has 3 nitrogen and oxygen atoms in total. The molecule has 0 heterocycles. The van der Waals surface area contributed by atoms with Gasteiger partial charge in [-0.2, -0.15) is 0 Å². The van der Waals surface area contributed by atoms with Crippen molar-refractivity contribution in [3.8, 4) is 11.8 Å². The Hall–Kier alpha value is -1.31. The fourth-order valence-electron chi connectivity index (χ4n) is 1.19. The molecule has 0 spiro atoms. The van der Waals surface area contributed by atoms with Gasteiger partial charge in [0.25, 0.3) is 0 Å². The van der Waals surface area contributed by atoms with Crippen LogP contribution in [0.2, 0.25) is 0 Å². The first-order valence-electron chi connectivity index (χ1n) is 4.38. The Morgan fingerprint density at radius 2 is 2.00 bits per heavy atom. The van der Waals surface area contributed by atoms with Gasteiger partial charge in [-0.25, -0.2) is 8.42 Å². The Balaban J connectivity index is 3.07. The van der Waals surface area contributed by atoms with Gasteiger partial charge < -0.3 is 5.11 Å². The third kappa shape index (κ3) is 4.15. The van der Waals surface area contributed by atoms with Crippen LogP contribution in [0.1, 0.15) is 11.1 Å². The summed E-state index contributed by atoms with van der Waals surface area (Å²) < 4.78 is 22.3. The first-order chi connectivity index (χ1) is 7.03. The van der Waals surface area contributed by atoms with Gasteiger partial charge in [-0.15, -0.1) is 0 Å². The summed E-state index contributed by atoms with van der Waals surface area (Å²) in [6, 6.07) is 7.02. The zero-order valence-corrected chi connectivity index (χ0v) is 9.21. The molecule has 0 aromatic heterocycles. The highest BCUT2D eigenvalue weighted by Gasteiger charge is 2.07. The number of aliphatic hydroxyl groups is 1. The topological polar surface area (TPSA) is 54.4 Å².